The molecule has 0 saturated carbocycles. The fourth-order valence-corrected chi connectivity index (χ4v) is 1.52. The fraction of sp³-hybridized carbons (Fsp3) is 0.750. The molecule has 0 spiro atoms. The average Bonchev–Trinajstić information content (AvgIpc) is 2.58. The first kappa shape index (κ1) is 12.2. The summed E-state index contributed by atoms with van der Waals surface area (Å²) in [4.78, 5) is 0. The van der Waals surface area contributed by atoms with E-state index in [0.717, 1.165) is 18.2 Å². The van der Waals surface area contributed by atoms with Crippen molar-refractivity contribution in [3.8, 4) is 0 Å². The normalized spacial score (nSPS) is 13.4. The molecule has 3 heteroatoms. The predicted octanol–water partition coefficient (Wildman–Crippen LogP) is 2.33. The molecule has 0 radical (unpaired) electrons. The smallest absolute Gasteiger partial charge is 0.0762 e. The zero-order valence-corrected chi connectivity index (χ0v) is 10.3. The zero-order chi connectivity index (χ0) is 11.3. The standard InChI is InChI=1S/C12H23N3/c1-10(2)5-6-11(3)13-9-12-7-8-15(4)14-12/h7-8,10-11,13H,5-6,9H2,1-4H3. The second-order valence-electron chi connectivity index (χ2n) is 4.73. The van der Waals surface area contributed by atoms with Gasteiger partial charge in [-0.15, -0.1) is 0 Å². The van der Waals surface area contributed by atoms with E-state index in [4.69, 9.17) is 0 Å². The van der Waals surface area contributed by atoms with E-state index in [1.54, 1.807) is 0 Å². The Morgan fingerprint density at radius 1 is 1.33 bits per heavy atom. The highest BCUT2D eigenvalue weighted by atomic mass is 15.3. The minimum Gasteiger partial charge on any atom is -0.309 e. The van der Waals surface area contributed by atoms with Gasteiger partial charge in [0.05, 0.1) is 5.69 Å². The topological polar surface area (TPSA) is 29.9 Å². The minimum absolute atomic E-state index is 0.578. The van der Waals surface area contributed by atoms with Gasteiger partial charge in [0.15, 0.2) is 0 Å². The van der Waals surface area contributed by atoms with Gasteiger partial charge in [0, 0.05) is 25.8 Å². The van der Waals surface area contributed by atoms with Crippen molar-refractivity contribution in [1.82, 2.24) is 15.1 Å². The summed E-state index contributed by atoms with van der Waals surface area (Å²) >= 11 is 0. The van der Waals surface area contributed by atoms with Crippen molar-refractivity contribution >= 4 is 0 Å². The summed E-state index contributed by atoms with van der Waals surface area (Å²) in [7, 11) is 1.95. The van der Waals surface area contributed by atoms with Crippen molar-refractivity contribution in [3.05, 3.63) is 18.0 Å². The molecule has 0 amide bonds. The number of rotatable bonds is 6. The molecule has 1 heterocycles. The number of nitrogens with one attached hydrogen (secondary N) is 1. The molecule has 1 aromatic rings. The maximum atomic E-state index is 4.33. The lowest BCUT2D eigenvalue weighted by Gasteiger charge is -2.13. The number of hydrogen-bond donors (Lipinski definition) is 1. The highest BCUT2D eigenvalue weighted by molar-refractivity contribution is 4.98. The van der Waals surface area contributed by atoms with E-state index in [2.05, 4.69) is 37.3 Å². The van der Waals surface area contributed by atoms with Gasteiger partial charge in [-0.25, -0.2) is 0 Å². The lowest BCUT2D eigenvalue weighted by Crippen LogP contribution is -2.26. The summed E-state index contributed by atoms with van der Waals surface area (Å²) in [6.45, 7) is 7.66. The van der Waals surface area contributed by atoms with Crippen molar-refractivity contribution in [3.63, 3.8) is 0 Å². The van der Waals surface area contributed by atoms with Crippen LogP contribution in [0.1, 0.15) is 39.3 Å². The van der Waals surface area contributed by atoms with Crippen LogP contribution in [0.15, 0.2) is 12.3 Å². The molecule has 0 aliphatic carbocycles. The fourth-order valence-electron chi connectivity index (χ4n) is 1.52. The van der Waals surface area contributed by atoms with Crippen LogP contribution in [0.2, 0.25) is 0 Å². The van der Waals surface area contributed by atoms with Crippen molar-refractivity contribution in [1.29, 1.82) is 0 Å². The Morgan fingerprint density at radius 2 is 2.07 bits per heavy atom. The molecule has 1 N–H and O–H groups in total. The van der Waals surface area contributed by atoms with E-state index in [0.29, 0.717) is 6.04 Å². The van der Waals surface area contributed by atoms with Crippen LogP contribution in [0, 0.1) is 5.92 Å². The van der Waals surface area contributed by atoms with Crippen LogP contribution < -0.4 is 5.32 Å². The number of hydrogen-bond acceptors (Lipinski definition) is 2. The van der Waals surface area contributed by atoms with E-state index < -0.39 is 0 Å². The molecule has 3 nitrogen and oxygen atoms in total. The Hall–Kier alpha value is -0.830. The molecule has 0 saturated heterocycles. The second kappa shape index (κ2) is 5.91. The molecule has 0 fully saturated rings. The highest BCUT2D eigenvalue weighted by Crippen LogP contribution is 2.06. The van der Waals surface area contributed by atoms with Crippen LogP contribution >= 0.6 is 0 Å². The molecule has 86 valence electrons. The van der Waals surface area contributed by atoms with E-state index in [1.165, 1.54) is 12.8 Å². The molecular formula is C12H23N3. The summed E-state index contributed by atoms with van der Waals surface area (Å²) in [5.74, 6) is 0.795. The Bertz CT molecular complexity index is 278. The van der Waals surface area contributed by atoms with Crippen molar-refractivity contribution in [2.45, 2.75) is 46.2 Å². The summed E-state index contributed by atoms with van der Waals surface area (Å²) in [6.07, 6.45) is 4.51. The Morgan fingerprint density at radius 3 is 2.60 bits per heavy atom. The van der Waals surface area contributed by atoms with Crippen LogP contribution in [0.4, 0.5) is 0 Å². The molecule has 0 aliphatic heterocycles. The Labute approximate surface area is 92.9 Å². The van der Waals surface area contributed by atoms with Gasteiger partial charge in [-0.05, 0) is 31.7 Å². The van der Waals surface area contributed by atoms with Gasteiger partial charge in [-0.3, -0.25) is 4.68 Å². The number of nitrogens with zero attached hydrogens (tertiary/aromatic N) is 2. The van der Waals surface area contributed by atoms with Gasteiger partial charge in [0.25, 0.3) is 0 Å². The monoisotopic (exact) mass is 209 g/mol. The van der Waals surface area contributed by atoms with Crippen LogP contribution in [-0.2, 0) is 13.6 Å². The van der Waals surface area contributed by atoms with Crippen molar-refractivity contribution in [2.75, 3.05) is 0 Å². The highest BCUT2D eigenvalue weighted by Gasteiger charge is 2.04. The molecule has 15 heavy (non-hydrogen) atoms. The molecule has 0 aliphatic rings. The first-order chi connectivity index (χ1) is 7.08. The molecule has 1 aromatic heterocycles. The van der Waals surface area contributed by atoms with E-state index in [-0.39, 0.29) is 0 Å². The van der Waals surface area contributed by atoms with Crippen LogP contribution in [0.25, 0.3) is 0 Å². The maximum Gasteiger partial charge on any atom is 0.0762 e. The SMILES string of the molecule is CC(C)CCC(C)NCc1ccn(C)n1. The summed E-state index contributed by atoms with van der Waals surface area (Å²) in [5.41, 5.74) is 1.12. The second-order valence-corrected chi connectivity index (χ2v) is 4.73. The maximum absolute atomic E-state index is 4.33. The largest absolute Gasteiger partial charge is 0.309 e. The van der Waals surface area contributed by atoms with Crippen LogP contribution in [-0.4, -0.2) is 15.8 Å². The van der Waals surface area contributed by atoms with Gasteiger partial charge in [-0.1, -0.05) is 13.8 Å². The Balaban J connectivity index is 2.19. The molecule has 0 bridgehead atoms. The molecule has 1 atom stereocenters. The molecular weight excluding hydrogens is 186 g/mol. The third-order valence-electron chi connectivity index (χ3n) is 2.58. The molecule has 1 unspecified atom stereocenters. The quantitative estimate of drug-likeness (QED) is 0.779. The Kier molecular flexibility index (Phi) is 4.82. The van der Waals surface area contributed by atoms with Crippen molar-refractivity contribution in [2.24, 2.45) is 13.0 Å². The summed E-state index contributed by atoms with van der Waals surface area (Å²) in [6, 6.07) is 2.64. The van der Waals surface area contributed by atoms with Crippen LogP contribution in [0.5, 0.6) is 0 Å². The number of aromatic nitrogens is 2. The van der Waals surface area contributed by atoms with Gasteiger partial charge in [0.1, 0.15) is 0 Å². The minimum atomic E-state index is 0.578. The first-order valence-corrected chi connectivity index (χ1v) is 5.80. The van der Waals surface area contributed by atoms with Crippen LogP contribution in [0.3, 0.4) is 0 Å². The molecule has 1 rings (SSSR count). The first-order valence-electron chi connectivity index (χ1n) is 5.80. The third kappa shape index (κ3) is 4.98. The van der Waals surface area contributed by atoms with E-state index in [1.807, 2.05) is 17.9 Å². The lowest BCUT2D eigenvalue weighted by atomic mass is 10.0. The van der Waals surface area contributed by atoms with Gasteiger partial charge >= 0.3 is 0 Å². The van der Waals surface area contributed by atoms with Crippen molar-refractivity contribution < 1.29 is 0 Å². The van der Waals surface area contributed by atoms with Gasteiger partial charge < -0.3 is 5.32 Å². The predicted molar refractivity (Wildman–Crippen MR) is 63.6 cm³/mol. The summed E-state index contributed by atoms with van der Waals surface area (Å²) in [5, 5.41) is 7.82. The zero-order valence-electron chi connectivity index (χ0n) is 10.3. The average molecular weight is 209 g/mol. The lowest BCUT2D eigenvalue weighted by molar-refractivity contribution is 0.448. The molecule has 0 aromatic carbocycles. The third-order valence-corrected chi connectivity index (χ3v) is 2.58. The van der Waals surface area contributed by atoms with E-state index >= 15 is 0 Å². The van der Waals surface area contributed by atoms with Gasteiger partial charge in [0.2, 0.25) is 0 Å². The number of aryl methyl sites for hydroxylation is 1. The van der Waals surface area contributed by atoms with E-state index in [9.17, 15) is 0 Å². The van der Waals surface area contributed by atoms with Gasteiger partial charge in [-0.2, -0.15) is 5.10 Å². The summed E-state index contributed by atoms with van der Waals surface area (Å²) < 4.78 is 1.84.